The molecule has 0 aromatic rings. The van der Waals surface area contributed by atoms with Crippen molar-refractivity contribution in [1.29, 1.82) is 0 Å². The number of hydrogen-bond acceptors (Lipinski definition) is 4. The van der Waals surface area contributed by atoms with Crippen molar-refractivity contribution in [3.63, 3.8) is 0 Å². The Morgan fingerprint density at radius 3 is 2.37 bits per heavy atom. The second kappa shape index (κ2) is 9.18. The summed E-state index contributed by atoms with van der Waals surface area (Å²) < 4.78 is 4.69. The molecule has 0 heterocycles. The van der Waals surface area contributed by atoms with E-state index in [0.717, 1.165) is 0 Å². The lowest BCUT2D eigenvalue weighted by molar-refractivity contribution is -0.143. The van der Waals surface area contributed by atoms with Gasteiger partial charge >= 0.3 is 18.0 Å². The van der Waals surface area contributed by atoms with Gasteiger partial charge in [0, 0.05) is 6.54 Å². The Hall–Kier alpha value is -1.79. The zero-order valence-corrected chi connectivity index (χ0v) is 11.6. The highest BCUT2D eigenvalue weighted by molar-refractivity contribution is 5.82. The highest BCUT2D eigenvalue weighted by Gasteiger charge is 2.20. The first-order valence-corrected chi connectivity index (χ1v) is 6.29. The fourth-order valence-corrected chi connectivity index (χ4v) is 1.41. The van der Waals surface area contributed by atoms with Crippen LogP contribution >= 0.6 is 0 Å². The normalized spacial score (nSPS) is 11.8. The average Bonchev–Trinajstić information content (AvgIpc) is 2.27. The van der Waals surface area contributed by atoms with Crippen LogP contribution in [0.5, 0.6) is 0 Å². The number of esters is 1. The van der Waals surface area contributed by atoms with Crippen LogP contribution in [0, 0.1) is 5.92 Å². The van der Waals surface area contributed by atoms with E-state index in [9.17, 15) is 14.4 Å². The molecule has 0 aliphatic rings. The minimum Gasteiger partial charge on any atom is -0.480 e. The predicted octanol–water partition coefficient (Wildman–Crippen LogP) is 0.738. The number of carboxylic acids is 1. The van der Waals surface area contributed by atoms with Gasteiger partial charge in [0.25, 0.3) is 0 Å². The number of carboxylic acid groups (broad SMARTS) is 1. The number of urea groups is 1. The smallest absolute Gasteiger partial charge is 0.326 e. The van der Waals surface area contributed by atoms with Gasteiger partial charge in [-0.05, 0) is 19.3 Å². The van der Waals surface area contributed by atoms with E-state index in [-0.39, 0.29) is 18.9 Å². The van der Waals surface area contributed by atoms with Gasteiger partial charge in [0.2, 0.25) is 0 Å². The summed E-state index contributed by atoms with van der Waals surface area (Å²) in [5.74, 6) is -1.32. The summed E-state index contributed by atoms with van der Waals surface area (Å²) in [6.45, 7) is 5.84. The first-order chi connectivity index (χ1) is 8.86. The lowest BCUT2D eigenvalue weighted by Crippen LogP contribution is -2.47. The van der Waals surface area contributed by atoms with Gasteiger partial charge in [-0.25, -0.2) is 9.59 Å². The van der Waals surface area contributed by atoms with Crippen molar-refractivity contribution in [3.8, 4) is 0 Å². The van der Waals surface area contributed by atoms with Crippen molar-refractivity contribution < 1.29 is 24.2 Å². The number of hydrogen-bond donors (Lipinski definition) is 3. The van der Waals surface area contributed by atoms with Crippen molar-refractivity contribution in [3.05, 3.63) is 0 Å². The molecule has 0 bridgehead atoms. The molecule has 0 aromatic carbocycles. The SMILES string of the molecule is CCOC(=O)CCNC(=O)N[C@H](CC(C)C)C(=O)O. The molecule has 0 saturated heterocycles. The van der Waals surface area contributed by atoms with Crippen LogP contribution < -0.4 is 10.6 Å². The summed E-state index contributed by atoms with van der Waals surface area (Å²) in [6.07, 6.45) is 0.407. The molecule has 110 valence electrons. The summed E-state index contributed by atoms with van der Waals surface area (Å²) in [7, 11) is 0. The second-order valence-corrected chi connectivity index (χ2v) is 4.48. The molecule has 19 heavy (non-hydrogen) atoms. The molecule has 0 saturated carbocycles. The number of rotatable bonds is 8. The Morgan fingerprint density at radius 1 is 1.26 bits per heavy atom. The predicted molar refractivity (Wildman–Crippen MR) is 68.7 cm³/mol. The van der Waals surface area contributed by atoms with Crippen molar-refractivity contribution in [1.82, 2.24) is 10.6 Å². The molecule has 0 spiro atoms. The quantitative estimate of drug-likeness (QED) is 0.566. The molecule has 0 unspecified atom stereocenters. The van der Waals surface area contributed by atoms with E-state index >= 15 is 0 Å². The molecule has 7 heteroatoms. The molecule has 0 aliphatic heterocycles. The number of ether oxygens (including phenoxy) is 1. The fourth-order valence-electron chi connectivity index (χ4n) is 1.41. The molecule has 0 aliphatic carbocycles. The van der Waals surface area contributed by atoms with Gasteiger partial charge in [-0.3, -0.25) is 4.79 Å². The largest absolute Gasteiger partial charge is 0.480 e. The number of aliphatic carboxylic acids is 1. The molecule has 0 radical (unpaired) electrons. The molecule has 7 nitrogen and oxygen atoms in total. The van der Waals surface area contributed by atoms with E-state index in [2.05, 4.69) is 10.6 Å². The Bertz CT molecular complexity index is 317. The second-order valence-electron chi connectivity index (χ2n) is 4.48. The fraction of sp³-hybridized carbons (Fsp3) is 0.750. The topological polar surface area (TPSA) is 105 Å². The van der Waals surface area contributed by atoms with Crippen LogP contribution in [0.4, 0.5) is 4.79 Å². The van der Waals surface area contributed by atoms with Gasteiger partial charge in [0.1, 0.15) is 6.04 Å². The lowest BCUT2D eigenvalue weighted by atomic mass is 10.0. The van der Waals surface area contributed by atoms with Crippen LogP contribution in [0.3, 0.4) is 0 Å². The van der Waals surface area contributed by atoms with Crippen molar-refractivity contribution in [2.24, 2.45) is 5.92 Å². The third-order valence-corrected chi connectivity index (χ3v) is 2.23. The van der Waals surface area contributed by atoms with Gasteiger partial charge in [-0.1, -0.05) is 13.8 Å². The van der Waals surface area contributed by atoms with E-state index in [4.69, 9.17) is 9.84 Å². The summed E-state index contributed by atoms with van der Waals surface area (Å²) in [4.78, 5) is 33.4. The highest BCUT2D eigenvalue weighted by Crippen LogP contribution is 2.04. The zero-order chi connectivity index (χ0) is 14.8. The van der Waals surface area contributed by atoms with Gasteiger partial charge in [-0.2, -0.15) is 0 Å². The third-order valence-electron chi connectivity index (χ3n) is 2.23. The first-order valence-electron chi connectivity index (χ1n) is 6.29. The lowest BCUT2D eigenvalue weighted by Gasteiger charge is -2.16. The van der Waals surface area contributed by atoms with Crippen LogP contribution in [-0.4, -0.2) is 42.3 Å². The molecule has 3 N–H and O–H groups in total. The standard InChI is InChI=1S/C12H22N2O5/c1-4-19-10(15)5-6-13-12(18)14-9(11(16)17)7-8(2)3/h8-9H,4-7H2,1-3H3,(H,16,17)(H2,13,14,18)/t9-/m1/s1. The molecular weight excluding hydrogens is 252 g/mol. The van der Waals surface area contributed by atoms with Crippen LogP contribution in [0.2, 0.25) is 0 Å². The van der Waals surface area contributed by atoms with Crippen LogP contribution in [-0.2, 0) is 14.3 Å². The van der Waals surface area contributed by atoms with Crippen LogP contribution in [0.15, 0.2) is 0 Å². The molecule has 2 amide bonds. The number of carbonyl (C=O) groups is 3. The Labute approximate surface area is 112 Å². The third kappa shape index (κ3) is 8.87. The van der Waals surface area contributed by atoms with Gasteiger partial charge in [0.15, 0.2) is 0 Å². The molecule has 1 atom stereocenters. The molecule has 0 fully saturated rings. The number of carbonyl (C=O) groups excluding carboxylic acids is 2. The van der Waals surface area contributed by atoms with E-state index < -0.39 is 24.0 Å². The first kappa shape index (κ1) is 17.2. The van der Waals surface area contributed by atoms with E-state index in [1.807, 2.05) is 13.8 Å². The Kier molecular flexibility index (Phi) is 8.32. The summed E-state index contributed by atoms with van der Waals surface area (Å²) in [5, 5.41) is 13.7. The van der Waals surface area contributed by atoms with Crippen molar-refractivity contribution >= 4 is 18.0 Å². The molecule has 0 rings (SSSR count). The minimum absolute atomic E-state index is 0.0587. The van der Waals surface area contributed by atoms with Gasteiger partial charge in [-0.15, -0.1) is 0 Å². The van der Waals surface area contributed by atoms with E-state index in [0.29, 0.717) is 13.0 Å². The number of nitrogens with one attached hydrogen (secondary N) is 2. The maximum absolute atomic E-state index is 11.4. The monoisotopic (exact) mass is 274 g/mol. The number of amides is 2. The Morgan fingerprint density at radius 2 is 1.89 bits per heavy atom. The minimum atomic E-state index is -1.07. The van der Waals surface area contributed by atoms with Crippen molar-refractivity contribution in [2.45, 2.75) is 39.7 Å². The average molecular weight is 274 g/mol. The van der Waals surface area contributed by atoms with Crippen LogP contribution in [0.25, 0.3) is 0 Å². The van der Waals surface area contributed by atoms with Gasteiger partial charge in [0.05, 0.1) is 13.0 Å². The summed E-state index contributed by atoms with van der Waals surface area (Å²) in [5.41, 5.74) is 0. The van der Waals surface area contributed by atoms with Crippen LogP contribution in [0.1, 0.15) is 33.6 Å². The highest BCUT2D eigenvalue weighted by atomic mass is 16.5. The summed E-state index contributed by atoms with van der Waals surface area (Å²) in [6, 6.07) is -1.53. The van der Waals surface area contributed by atoms with E-state index in [1.165, 1.54) is 0 Å². The summed E-state index contributed by atoms with van der Waals surface area (Å²) >= 11 is 0. The van der Waals surface area contributed by atoms with Crippen molar-refractivity contribution in [2.75, 3.05) is 13.2 Å². The maximum atomic E-state index is 11.4. The van der Waals surface area contributed by atoms with E-state index in [1.54, 1.807) is 6.92 Å². The molecular formula is C12H22N2O5. The maximum Gasteiger partial charge on any atom is 0.326 e. The Balaban J connectivity index is 4.00. The zero-order valence-electron chi connectivity index (χ0n) is 11.6. The van der Waals surface area contributed by atoms with Gasteiger partial charge < -0.3 is 20.5 Å². The molecule has 0 aromatic heterocycles.